The van der Waals surface area contributed by atoms with Crippen molar-refractivity contribution < 1.29 is 9.21 Å². The minimum atomic E-state index is 0.126. The predicted octanol–water partition coefficient (Wildman–Crippen LogP) is 1.18. The fourth-order valence-electron chi connectivity index (χ4n) is 3.22. The molecule has 0 N–H and O–H groups in total. The molecule has 136 valence electrons. The maximum Gasteiger partial charge on any atom is 0.236 e. The standard InChI is InChI=1S/C18H27N5O2/c1-15-11-22(8-9-23(15)13-17-19-6-7-20(17)2)14-18(24)21(3)12-16-5-4-10-25-16/h4-7,10,15H,8-9,11-14H2,1-3H3/t15-/m1/s1. The van der Waals surface area contributed by atoms with E-state index >= 15 is 0 Å². The third-order valence-electron chi connectivity index (χ3n) is 4.87. The molecule has 0 saturated carbocycles. The van der Waals surface area contributed by atoms with E-state index in [0.29, 0.717) is 19.1 Å². The first-order chi connectivity index (χ1) is 12.0. The third-order valence-corrected chi connectivity index (χ3v) is 4.87. The predicted molar refractivity (Wildman–Crippen MR) is 94.7 cm³/mol. The van der Waals surface area contributed by atoms with Crippen molar-refractivity contribution in [2.24, 2.45) is 7.05 Å². The smallest absolute Gasteiger partial charge is 0.236 e. The van der Waals surface area contributed by atoms with E-state index in [0.717, 1.165) is 37.8 Å². The van der Waals surface area contributed by atoms with Crippen LogP contribution in [-0.2, 0) is 24.9 Å². The second kappa shape index (κ2) is 7.84. The first-order valence-corrected chi connectivity index (χ1v) is 8.72. The van der Waals surface area contributed by atoms with Gasteiger partial charge in [0, 0.05) is 52.2 Å². The summed E-state index contributed by atoms with van der Waals surface area (Å²) in [6, 6.07) is 4.13. The Morgan fingerprint density at radius 1 is 1.44 bits per heavy atom. The van der Waals surface area contributed by atoms with Crippen molar-refractivity contribution in [1.29, 1.82) is 0 Å². The molecule has 0 bridgehead atoms. The Bertz CT molecular complexity index is 681. The molecule has 3 heterocycles. The molecule has 1 atom stereocenters. The number of hydrogen-bond acceptors (Lipinski definition) is 5. The molecule has 1 amide bonds. The van der Waals surface area contributed by atoms with Gasteiger partial charge >= 0.3 is 0 Å². The molecule has 7 heteroatoms. The number of amides is 1. The number of piperazine rings is 1. The zero-order valence-corrected chi connectivity index (χ0v) is 15.3. The number of hydrogen-bond donors (Lipinski definition) is 0. The van der Waals surface area contributed by atoms with Crippen LogP contribution in [0.2, 0.25) is 0 Å². The highest BCUT2D eigenvalue weighted by molar-refractivity contribution is 5.77. The highest BCUT2D eigenvalue weighted by Gasteiger charge is 2.26. The van der Waals surface area contributed by atoms with Crippen LogP contribution >= 0.6 is 0 Å². The molecular weight excluding hydrogens is 318 g/mol. The van der Waals surface area contributed by atoms with Crippen LogP contribution in [0.15, 0.2) is 35.2 Å². The molecule has 2 aromatic rings. The Kier molecular flexibility index (Phi) is 5.55. The lowest BCUT2D eigenvalue weighted by atomic mass is 10.2. The molecule has 0 unspecified atom stereocenters. The van der Waals surface area contributed by atoms with Gasteiger partial charge in [0.15, 0.2) is 0 Å². The van der Waals surface area contributed by atoms with Crippen molar-refractivity contribution >= 4 is 5.91 Å². The maximum atomic E-state index is 12.4. The number of rotatable bonds is 6. The first kappa shape index (κ1) is 17.7. The Labute approximate surface area is 148 Å². The normalized spacial score (nSPS) is 19.2. The first-order valence-electron chi connectivity index (χ1n) is 8.72. The Morgan fingerprint density at radius 2 is 2.28 bits per heavy atom. The van der Waals surface area contributed by atoms with Crippen molar-refractivity contribution in [1.82, 2.24) is 24.3 Å². The summed E-state index contributed by atoms with van der Waals surface area (Å²) in [5.74, 6) is 2.01. The Balaban J connectivity index is 1.47. The van der Waals surface area contributed by atoms with Crippen molar-refractivity contribution in [3.8, 4) is 0 Å². The van der Waals surface area contributed by atoms with E-state index < -0.39 is 0 Å². The van der Waals surface area contributed by atoms with Crippen molar-refractivity contribution in [2.75, 3.05) is 33.2 Å². The van der Waals surface area contributed by atoms with Gasteiger partial charge in [-0.25, -0.2) is 4.98 Å². The van der Waals surface area contributed by atoms with Crippen LogP contribution in [0.5, 0.6) is 0 Å². The third kappa shape index (κ3) is 4.49. The zero-order chi connectivity index (χ0) is 17.8. The minimum Gasteiger partial charge on any atom is -0.467 e. The van der Waals surface area contributed by atoms with E-state index in [4.69, 9.17) is 4.42 Å². The average molecular weight is 345 g/mol. The summed E-state index contributed by atoms with van der Waals surface area (Å²) in [5.41, 5.74) is 0. The maximum absolute atomic E-state index is 12.4. The summed E-state index contributed by atoms with van der Waals surface area (Å²) in [6.07, 6.45) is 5.45. The van der Waals surface area contributed by atoms with E-state index in [9.17, 15) is 4.79 Å². The minimum absolute atomic E-state index is 0.126. The lowest BCUT2D eigenvalue weighted by molar-refractivity contribution is -0.132. The Morgan fingerprint density at radius 3 is 2.92 bits per heavy atom. The monoisotopic (exact) mass is 345 g/mol. The molecule has 1 aliphatic heterocycles. The summed E-state index contributed by atoms with van der Waals surface area (Å²) in [6.45, 7) is 6.78. The molecule has 0 radical (unpaired) electrons. The van der Waals surface area contributed by atoms with Crippen molar-refractivity contribution in [3.63, 3.8) is 0 Å². The molecular formula is C18H27N5O2. The summed E-state index contributed by atoms with van der Waals surface area (Å²) >= 11 is 0. The van der Waals surface area contributed by atoms with Crippen LogP contribution < -0.4 is 0 Å². The van der Waals surface area contributed by atoms with Crippen LogP contribution in [0, 0.1) is 0 Å². The molecule has 0 aliphatic carbocycles. The van der Waals surface area contributed by atoms with E-state index in [-0.39, 0.29) is 5.91 Å². The quantitative estimate of drug-likeness (QED) is 0.787. The molecule has 1 saturated heterocycles. The molecule has 25 heavy (non-hydrogen) atoms. The molecule has 3 rings (SSSR count). The van der Waals surface area contributed by atoms with Crippen LogP contribution in [-0.4, -0.2) is 69.4 Å². The fraction of sp³-hybridized carbons (Fsp3) is 0.556. The lowest BCUT2D eigenvalue weighted by Crippen LogP contribution is -2.53. The number of likely N-dealkylation sites (N-methyl/N-ethyl adjacent to an activating group) is 1. The van der Waals surface area contributed by atoms with Gasteiger partial charge in [0.05, 0.1) is 25.9 Å². The second-order valence-electron chi connectivity index (χ2n) is 6.84. The lowest BCUT2D eigenvalue weighted by Gasteiger charge is -2.39. The van der Waals surface area contributed by atoms with Gasteiger partial charge in [-0.15, -0.1) is 0 Å². The van der Waals surface area contributed by atoms with Crippen LogP contribution in [0.4, 0.5) is 0 Å². The van der Waals surface area contributed by atoms with Crippen LogP contribution in [0.3, 0.4) is 0 Å². The Hall–Kier alpha value is -2.12. The number of aromatic nitrogens is 2. The highest BCUT2D eigenvalue weighted by atomic mass is 16.3. The SMILES string of the molecule is C[C@@H]1CN(CC(=O)N(C)Cc2ccco2)CCN1Cc1nccn1C. The summed E-state index contributed by atoms with van der Waals surface area (Å²) in [7, 11) is 3.85. The number of furan rings is 1. The average Bonchev–Trinajstić information content (AvgIpc) is 3.22. The highest BCUT2D eigenvalue weighted by Crippen LogP contribution is 2.13. The number of carbonyl (C=O) groups is 1. The summed E-state index contributed by atoms with van der Waals surface area (Å²) in [4.78, 5) is 23.2. The van der Waals surface area contributed by atoms with Gasteiger partial charge in [-0.05, 0) is 19.1 Å². The largest absolute Gasteiger partial charge is 0.467 e. The van der Waals surface area contributed by atoms with E-state index in [2.05, 4.69) is 26.3 Å². The van der Waals surface area contributed by atoms with Crippen molar-refractivity contribution in [2.45, 2.75) is 26.1 Å². The van der Waals surface area contributed by atoms with Gasteiger partial charge in [-0.2, -0.15) is 0 Å². The topological polar surface area (TPSA) is 57.8 Å². The van der Waals surface area contributed by atoms with Gasteiger partial charge in [0.25, 0.3) is 0 Å². The molecule has 1 fully saturated rings. The van der Waals surface area contributed by atoms with Crippen LogP contribution in [0.1, 0.15) is 18.5 Å². The van der Waals surface area contributed by atoms with Gasteiger partial charge < -0.3 is 13.9 Å². The molecule has 1 aliphatic rings. The summed E-state index contributed by atoms with van der Waals surface area (Å²) < 4.78 is 7.37. The van der Waals surface area contributed by atoms with Crippen molar-refractivity contribution in [3.05, 3.63) is 42.4 Å². The number of carbonyl (C=O) groups excluding carboxylic acids is 1. The molecule has 2 aromatic heterocycles. The van der Waals surface area contributed by atoms with Gasteiger partial charge in [-0.3, -0.25) is 14.6 Å². The van der Waals surface area contributed by atoms with Gasteiger partial charge in [-0.1, -0.05) is 0 Å². The summed E-state index contributed by atoms with van der Waals surface area (Å²) in [5, 5.41) is 0. The number of imidazole rings is 1. The van der Waals surface area contributed by atoms with E-state index in [1.165, 1.54) is 0 Å². The van der Waals surface area contributed by atoms with E-state index in [1.807, 2.05) is 38.6 Å². The number of aryl methyl sites for hydroxylation is 1. The fourth-order valence-corrected chi connectivity index (χ4v) is 3.22. The zero-order valence-electron chi connectivity index (χ0n) is 15.3. The van der Waals surface area contributed by atoms with Gasteiger partial charge in [0.2, 0.25) is 5.91 Å². The van der Waals surface area contributed by atoms with E-state index in [1.54, 1.807) is 11.2 Å². The molecule has 0 spiro atoms. The molecule has 0 aromatic carbocycles. The number of nitrogens with zero attached hydrogens (tertiary/aromatic N) is 5. The van der Waals surface area contributed by atoms with Gasteiger partial charge in [0.1, 0.15) is 11.6 Å². The van der Waals surface area contributed by atoms with Crippen LogP contribution in [0.25, 0.3) is 0 Å². The molecule has 7 nitrogen and oxygen atoms in total. The second-order valence-corrected chi connectivity index (χ2v) is 6.84.